The molecule has 1 saturated heterocycles. The second-order valence-electron chi connectivity index (χ2n) is 6.75. The highest BCUT2D eigenvalue weighted by Crippen LogP contribution is 2.29. The summed E-state index contributed by atoms with van der Waals surface area (Å²) in [6.07, 6.45) is 0.411. The fourth-order valence-electron chi connectivity index (χ4n) is 3.24. The molecule has 1 aromatic heterocycles. The summed E-state index contributed by atoms with van der Waals surface area (Å²) in [6.45, 7) is 3.40. The highest BCUT2D eigenvalue weighted by molar-refractivity contribution is 7.91. The average molecular weight is 457 g/mol. The predicted molar refractivity (Wildman–Crippen MR) is 112 cm³/mol. The molecule has 7 nitrogen and oxygen atoms in total. The van der Waals surface area contributed by atoms with Crippen LogP contribution in [0.25, 0.3) is 10.6 Å². The van der Waals surface area contributed by atoms with Gasteiger partial charge in [-0.05, 0) is 32.4 Å². The van der Waals surface area contributed by atoms with Gasteiger partial charge in [-0.3, -0.25) is 4.79 Å². The van der Waals surface area contributed by atoms with Crippen molar-refractivity contribution in [2.45, 2.75) is 26.3 Å². The third-order valence-corrected chi connectivity index (χ3v) is 7.90. The van der Waals surface area contributed by atoms with Crippen molar-refractivity contribution in [3.63, 3.8) is 0 Å². The number of esters is 1. The van der Waals surface area contributed by atoms with Gasteiger partial charge in [0.15, 0.2) is 16.4 Å². The van der Waals surface area contributed by atoms with Gasteiger partial charge in [-0.2, -0.15) is 0 Å². The topological polar surface area (TPSA) is 93.6 Å². The van der Waals surface area contributed by atoms with Crippen LogP contribution in [0.15, 0.2) is 24.3 Å². The molecule has 1 amide bonds. The number of aromatic nitrogens is 1. The molecule has 1 aliphatic rings. The minimum atomic E-state index is -3.11. The zero-order valence-electron chi connectivity index (χ0n) is 16.1. The molecule has 0 saturated carbocycles. The van der Waals surface area contributed by atoms with Gasteiger partial charge in [0.2, 0.25) is 0 Å². The lowest BCUT2D eigenvalue weighted by atomic mass is 10.2. The number of rotatable bonds is 6. The molecule has 1 aliphatic heterocycles. The number of halogens is 1. The van der Waals surface area contributed by atoms with Gasteiger partial charge < -0.3 is 9.64 Å². The molecule has 1 atom stereocenters. The van der Waals surface area contributed by atoms with Crippen LogP contribution in [0.4, 0.5) is 0 Å². The van der Waals surface area contributed by atoms with Crippen LogP contribution in [-0.2, 0) is 19.4 Å². The molecule has 1 fully saturated rings. The molecule has 0 aliphatic carbocycles. The van der Waals surface area contributed by atoms with E-state index in [-0.39, 0.29) is 17.5 Å². The summed E-state index contributed by atoms with van der Waals surface area (Å²) in [4.78, 5) is 31.1. The quantitative estimate of drug-likeness (QED) is 0.620. The fourth-order valence-corrected chi connectivity index (χ4v) is 6.06. The Balaban J connectivity index is 1.64. The lowest BCUT2D eigenvalue weighted by Gasteiger charge is -2.26. The van der Waals surface area contributed by atoms with Crippen LogP contribution in [0.5, 0.6) is 0 Å². The van der Waals surface area contributed by atoms with E-state index in [1.165, 1.54) is 16.2 Å². The SMILES string of the molecule is CCN(C(=O)COC(=O)c1sc(-c2ccc(Cl)cc2)nc1C)C1CCS(=O)(=O)C1. The Bertz CT molecular complexity index is 1020. The highest BCUT2D eigenvalue weighted by atomic mass is 35.5. The summed E-state index contributed by atoms with van der Waals surface area (Å²) in [7, 11) is -3.11. The van der Waals surface area contributed by atoms with Gasteiger partial charge in [-0.1, -0.05) is 23.7 Å². The summed E-state index contributed by atoms with van der Waals surface area (Å²) >= 11 is 7.08. The van der Waals surface area contributed by atoms with Crippen molar-refractivity contribution in [2.24, 2.45) is 0 Å². The molecule has 0 radical (unpaired) electrons. The summed E-state index contributed by atoms with van der Waals surface area (Å²) in [5, 5.41) is 1.26. The first-order valence-corrected chi connectivity index (χ1v) is 12.1. The van der Waals surface area contributed by atoms with E-state index < -0.39 is 28.3 Å². The van der Waals surface area contributed by atoms with Crippen LogP contribution in [0.1, 0.15) is 28.7 Å². The second kappa shape index (κ2) is 8.81. The van der Waals surface area contributed by atoms with Gasteiger partial charge in [-0.15, -0.1) is 11.3 Å². The molecule has 0 N–H and O–H groups in total. The summed E-state index contributed by atoms with van der Waals surface area (Å²) in [5.74, 6) is -0.986. The van der Waals surface area contributed by atoms with Crippen molar-refractivity contribution in [2.75, 3.05) is 24.7 Å². The molecule has 156 valence electrons. The van der Waals surface area contributed by atoms with Crippen molar-refractivity contribution >= 4 is 44.7 Å². The number of hydrogen-bond acceptors (Lipinski definition) is 7. The number of sulfone groups is 1. The molecule has 2 heterocycles. The van der Waals surface area contributed by atoms with Crippen LogP contribution in [0.2, 0.25) is 5.02 Å². The van der Waals surface area contributed by atoms with Gasteiger partial charge in [-0.25, -0.2) is 18.2 Å². The number of nitrogens with zero attached hydrogens (tertiary/aromatic N) is 2. The number of aryl methyl sites for hydroxylation is 1. The van der Waals surface area contributed by atoms with E-state index in [0.29, 0.717) is 33.6 Å². The molecule has 29 heavy (non-hydrogen) atoms. The lowest BCUT2D eigenvalue weighted by Crippen LogP contribution is -2.43. The van der Waals surface area contributed by atoms with Crippen molar-refractivity contribution < 1.29 is 22.7 Å². The maximum absolute atomic E-state index is 12.5. The van der Waals surface area contributed by atoms with Crippen molar-refractivity contribution in [3.8, 4) is 10.6 Å². The van der Waals surface area contributed by atoms with Crippen molar-refractivity contribution in [1.29, 1.82) is 0 Å². The third-order valence-electron chi connectivity index (χ3n) is 4.71. The van der Waals surface area contributed by atoms with Crippen LogP contribution >= 0.6 is 22.9 Å². The predicted octanol–water partition coefficient (Wildman–Crippen LogP) is 2.96. The normalized spacial score (nSPS) is 17.8. The first-order valence-electron chi connectivity index (χ1n) is 9.10. The van der Waals surface area contributed by atoms with Crippen molar-refractivity contribution in [3.05, 3.63) is 39.9 Å². The van der Waals surface area contributed by atoms with E-state index in [1.54, 1.807) is 26.0 Å². The van der Waals surface area contributed by atoms with Crippen LogP contribution < -0.4 is 0 Å². The standard InChI is InChI=1S/C19H21ClN2O5S2/c1-3-22(15-8-9-29(25,26)11-15)16(23)10-27-19(24)17-12(2)21-18(28-17)13-4-6-14(20)7-5-13/h4-7,15H,3,8-11H2,1-2H3. The number of benzene rings is 1. The summed E-state index contributed by atoms with van der Waals surface area (Å²) < 4.78 is 28.6. The Labute approximate surface area is 178 Å². The first-order chi connectivity index (χ1) is 13.7. The van der Waals surface area contributed by atoms with Crippen LogP contribution in [0, 0.1) is 6.92 Å². The molecule has 2 aromatic rings. The van der Waals surface area contributed by atoms with E-state index in [4.69, 9.17) is 16.3 Å². The second-order valence-corrected chi connectivity index (χ2v) is 10.4. The molecule has 10 heteroatoms. The number of ether oxygens (including phenoxy) is 1. The maximum atomic E-state index is 12.5. The molecule has 1 unspecified atom stereocenters. The smallest absolute Gasteiger partial charge is 0.350 e. The average Bonchev–Trinajstić information content (AvgIpc) is 3.23. The molecule has 1 aromatic carbocycles. The van der Waals surface area contributed by atoms with Gasteiger partial charge in [0.1, 0.15) is 9.88 Å². The molecular formula is C19H21ClN2O5S2. The zero-order valence-corrected chi connectivity index (χ0v) is 18.4. The van der Waals surface area contributed by atoms with E-state index >= 15 is 0 Å². The number of hydrogen-bond donors (Lipinski definition) is 0. The Morgan fingerprint density at radius 1 is 1.31 bits per heavy atom. The van der Waals surface area contributed by atoms with Crippen molar-refractivity contribution in [1.82, 2.24) is 9.88 Å². The molecule has 0 bridgehead atoms. The Morgan fingerprint density at radius 3 is 2.59 bits per heavy atom. The Morgan fingerprint density at radius 2 is 2.00 bits per heavy atom. The third kappa shape index (κ3) is 5.15. The highest BCUT2D eigenvalue weighted by Gasteiger charge is 2.34. The molecule has 3 rings (SSSR count). The minimum Gasteiger partial charge on any atom is -0.451 e. The van der Waals surface area contributed by atoms with Crippen LogP contribution in [0.3, 0.4) is 0 Å². The minimum absolute atomic E-state index is 0.0427. The summed E-state index contributed by atoms with van der Waals surface area (Å²) in [5.41, 5.74) is 1.35. The Kier molecular flexibility index (Phi) is 6.60. The first kappa shape index (κ1) is 21.7. The van der Waals surface area contributed by atoms with Gasteiger partial charge >= 0.3 is 5.97 Å². The maximum Gasteiger partial charge on any atom is 0.350 e. The number of likely N-dealkylation sites (N-methyl/N-ethyl adjacent to an activating group) is 1. The number of carbonyl (C=O) groups excluding carboxylic acids is 2. The van der Waals surface area contributed by atoms with Gasteiger partial charge in [0.05, 0.1) is 17.2 Å². The lowest BCUT2D eigenvalue weighted by molar-refractivity contribution is -0.136. The summed E-state index contributed by atoms with van der Waals surface area (Å²) in [6, 6.07) is 6.75. The van der Waals surface area contributed by atoms with E-state index in [1.807, 2.05) is 12.1 Å². The fraction of sp³-hybridized carbons (Fsp3) is 0.421. The Hall–Kier alpha value is -1.97. The monoisotopic (exact) mass is 456 g/mol. The largest absolute Gasteiger partial charge is 0.451 e. The van der Waals surface area contributed by atoms with E-state index in [2.05, 4.69) is 4.98 Å². The zero-order chi connectivity index (χ0) is 21.2. The molecule has 0 spiro atoms. The van der Waals surface area contributed by atoms with Gasteiger partial charge in [0, 0.05) is 23.2 Å². The van der Waals surface area contributed by atoms with Gasteiger partial charge in [0.25, 0.3) is 5.91 Å². The van der Waals surface area contributed by atoms with E-state index in [0.717, 1.165) is 5.56 Å². The number of amides is 1. The molecular weight excluding hydrogens is 436 g/mol. The van der Waals surface area contributed by atoms with Crippen LogP contribution in [-0.4, -0.2) is 60.9 Å². The van der Waals surface area contributed by atoms with E-state index in [9.17, 15) is 18.0 Å². The number of thiazole rings is 1. The number of carbonyl (C=O) groups is 2.